The van der Waals surface area contributed by atoms with E-state index in [1.807, 2.05) is 68.8 Å². The quantitative estimate of drug-likeness (QED) is 0.707. The molecule has 3 aromatic rings. The van der Waals surface area contributed by atoms with E-state index in [0.29, 0.717) is 12.2 Å². The number of aromatic nitrogens is 2. The summed E-state index contributed by atoms with van der Waals surface area (Å²) in [5.74, 6) is -0.0750. The average Bonchev–Trinajstić information content (AvgIpc) is 3.01. The summed E-state index contributed by atoms with van der Waals surface area (Å²) in [5, 5.41) is 4.55. The van der Waals surface area contributed by atoms with E-state index >= 15 is 0 Å². The summed E-state index contributed by atoms with van der Waals surface area (Å²) in [7, 11) is 0. The van der Waals surface area contributed by atoms with E-state index in [1.54, 1.807) is 4.90 Å². The van der Waals surface area contributed by atoms with Crippen LogP contribution in [0.5, 0.6) is 0 Å². The van der Waals surface area contributed by atoms with Crippen LogP contribution in [0.25, 0.3) is 5.69 Å². The van der Waals surface area contributed by atoms with Crippen molar-refractivity contribution < 1.29 is 4.79 Å². The molecule has 0 spiro atoms. The fourth-order valence-corrected chi connectivity index (χ4v) is 2.98. The van der Waals surface area contributed by atoms with E-state index in [4.69, 9.17) is 0 Å². The highest BCUT2D eigenvalue weighted by atomic mass is 16.2. The van der Waals surface area contributed by atoms with Crippen molar-refractivity contribution >= 4 is 11.6 Å². The molecule has 128 valence electrons. The monoisotopic (exact) mass is 333 g/mol. The van der Waals surface area contributed by atoms with E-state index < -0.39 is 0 Å². The third-order valence-corrected chi connectivity index (χ3v) is 4.32. The smallest absolute Gasteiger partial charge is 0.278 e. The Hall–Kier alpha value is -2.88. The van der Waals surface area contributed by atoms with Crippen molar-refractivity contribution in [3.8, 4) is 5.69 Å². The molecule has 0 aliphatic heterocycles. The maximum atomic E-state index is 13.1. The fraction of sp³-hybridized carbons (Fsp3) is 0.238. The molecule has 0 fully saturated rings. The average molecular weight is 333 g/mol. The predicted octanol–water partition coefficient (Wildman–Crippen LogP) is 4.46. The van der Waals surface area contributed by atoms with Gasteiger partial charge in [0.25, 0.3) is 5.91 Å². The lowest BCUT2D eigenvalue weighted by Crippen LogP contribution is -2.31. The van der Waals surface area contributed by atoms with Gasteiger partial charge in [-0.2, -0.15) is 5.10 Å². The summed E-state index contributed by atoms with van der Waals surface area (Å²) in [4.78, 5) is 14.9. The molecule has 0 radical (unpaired) electrons. The van der Waals surface area contributed by atoms with Crippen LogP contribution in [0.2, 0.25) is 0 Å². The van der Waals surface area contributed by atoms with Gasteiger partial charge in [0.2, 0.25) is 0 Å². The van der Waals surface area contributed by atoms with Gasteiger partial charge in [0.1, 0.15) is 0 Å². The lowest BCUT2D eigenvalue weighted by Gasteiger charge is -2.22. The molecule has 0 saturated carbocycles. The summed E-state index contributed by atoms with van der Waals surface area (Å²) < 4.78 is 1.81. The molecular weight excluding hydrogens is 310 g/mol. The molecule has 0 aliphatic rings. The Morgan fingerprint density at radius 1 is 1.04 bits per heavy atom. The van der Waals surface area contributed by atoms with Gasteiger partial charge in [0, 0.05) is 17.9 Å². The van der Waals surface area contributed by atoms with Gasteiger partial charge in [-0.25, -0.2) is 4.68 Å². The summed E-state index contributed by atoms with van der Waals surface area (Å²) >= 11 is 0. The van der Waals surface area contributed by atoms with Crippen LogP contribution in [0.15, 0.2) is 54.6 Å². The number of hydrogen-bond donors (Lipinski definition) is 0. The Morgan fingerprint density at radius 3 is 2.44 bits per heavy atom. The molecule has 4 nitrogen and oxygen atoms in total. The second-order valence-electron chi connectivity index (χ2n) is 6.26. The Bertz CT molecular complexity index is 897. The summed E-state index contributed by atoms with van der Waals surface area (Å²) in [6, 6.07) is 17.9. The molecule has 0 saturated heterocycles. The zero-order chi connectivity index (χ0) is 18.0. The van der Waals surface area contributed by atoms with Crippen LogP contribution >= 0.6 is 0 Å². The largest absolute Gasteiger partial charge is 0.307 e. The van der Waals surface area contributed by atoms with Gasteiger partial charge in [-0.15, -0.1) is 0 Å². The summed E-state index contributed by atoms with van der Waals surface area (Å²) in [5.41, 5.74) is 5.52. The topological polar surface area (TPSA) is 38.1 Å². The number of aryl methyl sites for hydroxylation is 3. The minimum atomic E-state index is -0.0750. The first-order valence-electron chi connectivity index (χ1n) is 8.52. The highest BCUT2D eigenvalue weighted by Crippen LogP contribution is 2.23. The molecule has 1 heterocycles. The minimum absolute atomic E-state index is 0.0750. The zero-order valence-electron chi connectivity index (χ0n) is 15.2. The maximum absolute atomic E-state index is 13.1. The van der Waals surface area contributed by atoms with Crippen LogP contribution in [0.3, 0.4) is 0 Å². The minimum Gasteiger partial charge on any atom is -0.307 e. The number of anilines is 1. The van der Waals surface area contributed by atoms with Crippen LogP contribution in [0, 0.1) is 20.8 Å². The van der Waals surface area contributed by atoms with Gasteiger partial charge in [0.15, 0.2) is 5.69 Å². The van der Waals surface area contributed by atoms with Crippen LogP contribution in [-0.4, -0.2) is 22.2 Å². The number of hydrogen-bond acceptors (Lipinski definition) is 2. The number of benzene rings is 2. The van der Waals surface area contributed by atoms with E-state index in [-0.39, 0.29) is 5.91 Å². The number of carbonyl (C=O) groups excluding carboxylic acids is 1. The molecule has 0 aliphatic carbocycles. The van der Waals surface area contributed by atoms with Crippen molar-refractivity contribution in [1.29, 1.82) is 0 Å². The van der Waals surface area contributed by atoms with Crippen molar-refractivity contribution in [3.63, 3.8) is 0 Å². The Morgan fingerprint density at radius 2 is 1.76 bits per heavy atom. The van der Waals surface area contributed by atoms with Gasteiger partial charge in [-0.3, -0.25) is 4.79 Å². The first-order chi connectivity index (χ1) is 12.0. The van der Waals surface area contributed by atoms with E-state index in [2.05, 4.69) is 23.3 Å². The molecule has 2 aromatic carbocycles. The summed E-state index contributed by atoms with van der Waals surface area (Å²) in [6.07, 6.45) is 0. The Balaban J connectivity index is 1.98. The molecule has 0 N–H and O–H groups in total. The summed E-state index contributed by atoms with van der Waals surface area (Å²) in [6.45, 7) is 8.61. The van der Waals surface area contributed by atoms with Crippen LogP contribution in [0.4, 0.5) is 5.69 Å². The first kappa shape index (κ1) is 17.0. The standard InChI is InChI=1S/C21H23N3O/c1-5-23(20-13-15(2)11-12-16(20)3)21(25)19-14-17(4)24(22-19)18-9-7-6-8-10-18/h6-14H,5H2,1-4H3. The molecule has 0 bridgehead atoms. The number of nitrogens with zero attached hydrogens (tertiary/aromatic N) is 3. The molecule has 0 atom stereocenters. The van der Waals surface area contributed by atoms with Gasteiger partial charge >= 0.3 is 0 Å². The van der Waals surface area contributed by atoms with Gasteiger partial charge in [0.05, 0.1) is 5.69 Å². The van der Waals surface area contributed by atoms with E-state index in [9.17, 15) is 4.79 Å². The van der Waals surface area contributed by atoms with Gasteiger partial charge in [-0.1, -0.05) is 30.3 Å². The lowest BCUT2D eigenvalue weighted by molar-refractivity contribution is 0.0983. The van der Waals surface area contributed by atoms with Crippen LogP contribution in [0.1, 0.15) is 34.2 Å². The molecule has 1 amide bonds. The number of para-hydroxylation sites is 1. The van der Waals surface area contributed by atoms with Crippen LogP contribution < -0.4 is 4.90 Å². The molecule has 3 rings (SSSR count). The molecular formula is C21H23N3O. The third-order valence-electron chi connectivity index (χ3n) is 4.32. The van der Waals surface area contributed by atoms with Crippen molar-refractivity contribution in [2.45, 2.75) is 27.7 Å². The molecule has 25 heavy (non-hydrogen) atoms. The maximum Gasteiger partial charge on any atom is 0.278 e. The number of amides is 1. The Kier molecular flexibility index (Phi) is 4.70. The highest BCUT2D eigenvalue weighted by Gasteiger charge is 2.21. The van der Waals surface area contributed by atoms with Crippen molar-refractivity contribution in [2.24, 2.45) is 0 Å². The Labute approximate surface area is 148 Å². The van der Waals surface area contributed by atoms with Gasteiger partial charge < -0.3 is 4.90 Å². The first-order valence-corrected chi connectivity index (χ1v) is 8.52. The second-order valence-corrected chi connectivity index (χ2v) is 6.26. The fourth-order valence-electron chi connectivity index (χ4n) is 2.98. The third kappa shape index (κ3) is 3.33. The molecule has 4 heteroatoms. The SMILES string of the molecule is CCN(C(=O)c1cc(C)n(-c2ccccc2)n1)c1cc(C)ccc1C. The normalized spacial score (nSPS) is 10.7. The second kappa shape index (κ2) is 6.93. The highest BCUT2D eigenvalue weighted by molar-refractivity contribution is 6.05. The van der Waals surface area contributed by atoms with Crippen molar-refractivity contribution in [2.75, 3.05) is 11.4 Å². The lowest BCUT2D eigenvalue weighted by atomic mass is 10.1. The van der Waals surface area contributed by atoms with Gasteiger partial charge in [-0.05, 0) is 63.1 Å². The van der Waals surface area contributed by atoms with E-state index in [0.717, 1.165) is 28.2 Å². The zero-order valence-corrected chi connectivity index (χ0v) is 15.2. The van der Waals surface area contributed by atoms with Crippen LogP contribution in [-0.2, 0) is 0 Å². The van der Waals surface area contributed by atoms with Crippen molar-refractivity contribution in [1.82, 2.24) is 9.78 Å². The number of rotatable bonds is 4. The van der Waals surface area contributed by atoms with Crippen molar-refractivity contribution in [3.05, 3.63) is 77.1 Å². The molecule has 0 unspecified atom stereocenters. The predicted molar refractivity (Wildman–Crippen MR) is 102 cm³/mol. The van der Waals surface area contributed by atoms with E-state index in [1.165, 1.54) is 0 Å². The number of carbonyl (C=O) groups is 1. The molecule has 1 aromatic heterocycles.